The van der Waals surface area contributed by atoms with Crippen LogP contribution in [0.1, 0.15) is 19.8 Å². The van der Waals surface area contributed by atoms with Crippen molar-refractivity contribution in [3.63, 3.8) is 0 Å². The van der Waals surface area contributed by atoms with E-state index in [0.717, 1.165) is 4.90 Å². The van der Waals surface area contributed by atoms with E-state index >= 15 is 0 Å². The summed E-state index contributed by atoms with van der Waals surface area (Å²) in [6.45, 7) is 1.22. The summed E-state index contributed by atoms with van der Waals surface area (Å²) >= 11 is 0. The van der Waals surface area contributed by atoms with Crippen LogP contribution in [0.5, 0.6) is 0 Å². The van der Waals surface area contributed by atoms with Gasteiger partial charge in [0.15, 0.2) is 0 Å². The Kier molecular flexibility index (Phi) is 4.40. The minimum atomic E-state index is -3.74. The summed E-state index contributed by atoms with van der Waals surface area (Å²) in [6.07, 6.45) is 0.350. The molecule has 0 aliphatic carbocycles. The summed E-state index contributed by atoms with van der Waals surface area (Å²) in [5, 5.41) is 8.88. The Morgan fingerprint density at radius 2 is 1.71 bits per heavy atom. The first-order valence-electron chi connectivity index (χ1n) is 6.44. The first-order chi connectivity index (χ1) is 9.85. The molecule has 0 spiro atoms. The molecular formula is C13H16N2O5S. The smallest absolute Gasteiger partial charge is 0.240 e. The van der Waals surface area contributed by atoms with Crippen LogP contribution in [0.25, 0.3) is 0 Å². The molecule has 0 radical (unpaired) electrons. The average molecular weight is 312 g/mol. The number of hydrogen-bond acceptors (Lipinski definition) is 5. The molecule has 8 heteroatoms. The number of carbonyl (C=O) groups excluding carboxylic acids is 2. The molecule has 2 N–H and O–H groups in total. The lowest BCUT2D eigenvalue weighted by molar-refractivity contribution is -0.121. The SMILES string of the molecule is C[C@@H](CO)NS(=O)(=O)c1ccc(N2C(=O)CCC2=O)cc1. The van der Waals surface area contributed by atoms with Gasteiger partial charge in [-0.2, -0.15) is 0 Å². The lowest BCUT2D eigenvalue weighted by Crippen LogP contribution is -2.35. The molecule has 0 saturated carbocycles. The molecule has 1 aromatic rings. The van der Waals surface area contributed by atoms with E-state index in [0.29, 0.717) is 5.69 Å². The normalized spacial score (nSPS) is 17.3. The molecule has 7 nitrogen and oxygen atoms in total. The highest BCUT2D eigenvalue weighted by atomic mass is 32.2. The third kappa shape index (κ3) is 3.29. The number of nitrogens with zero attached hydrogens (tertiary/aromatic N) is 1. The van der Waals surface area contributed by atoms with Crippen molar-refractivity contribution in [1.82, 2.24) is 4.72 Å². The molecule has 0 unspecified atom stereocenters. The molecule has 2 rings (SSSR count). The van der Waals surface area contributed by atoms with Gasteiger partial charge in [0.1, 0.15) is 0 Å². The maximum absolute atomic E-state index is 12.0. The van der Waals surface area contributed by atoms with E-state index in [9.17, 15) is 18.0 Å². The van der Waals surface area contributed by atoms with Gasteiger partial charge in [-0.05, 0) is 31.2 Å². The van der Waals surface area contributed by atoms with Crippen LogP contribution >= 0.6 is 0 Å². The van der Waals surface area contributed by atoms with Gasteiger partial charge in [-0.1, -0.05) is 0 Å². The Labute approximate surface area is 122 Å². The molecule has 21 heavy (non-hydrogen) atoms. The fraction of sp³-hybridized carbons (Fsp3) is 0.385. The van der Waals surface area contributed by atoms with Gasteiger partial charge in [0, 0.05) is 18.9 Å². The van der Waals surface area contributed by atoms with E-state index in [1.165, 1.54) is 31.2 Å². The number of sulfonamides is 1. The second-order valence-electron chi connectivity index (χ2n) is 4.82. The molecule has 114 valence electrons. The minimum Gasteiger partial charge on any atom is -0.395 e. The van der Waals surface area contributed by atoms with Crippen molar-refractivity contribution >= 4 is 27.5 Å². The lowest BCUT2D eigenvalue weighted by Gasteiger charge is -2.15. The third-order valence-corrected chi connectivity index (χ3v) is 4.69. The van der Waals surface area contributed by atoms with Crippen LogP contribution in [0.4, 0.5) is 5.69 Å². The average Bonchev–Trinajstić information content (AvgIpc) is 2.78. The zero-order chi connectivity index (χ0) is 15.6. The van der Waals surface area contributed by atoms with Gasteiger partial charge in [-0.15, -0.1) is 0 Å². The van der Waals surface area contributed by atoms with Crippen molar-refractivity contribution < 1.29 is 23.1 Å². The first-order valence-corrected chi connectivity index (χ1v) is 7.92. The maximum atomic E-state index is 12.0. The van der Waals surface area contributed by atoms with Crippen LogP contribution in [0.15, 0.2) is 29.2 Å². The van der Waals surface area contributed by atoms with Crippen molar-refractivity contribution in [2.24, 2.45) is 0 Å². The fourth-order valence-corrected chi connectivity index (χ4v) is 3.24. The van der Waals surface area contributed by atoms with E-state index in [1.807, 2.05) is 0 Å². The number of carbonyl (C=O) groups is 2. The number of amides is 2. The molecule has 0 bridgehead atoms. The van der Waals surface area contributed by atoms with Gasteiger partial charge in [0.25, 0.3) is 0 Å². The molecule has 1 fully saturated rings. The number of rotatable bonds is 5. The van der Waals surface area contributed by atoms with E-state index in [4.69, 9.17) is 5.11 Å². The molecule has 0 aromatic heterocycles. The maximum Gasteiger partial charge on any atom is 0.240 e. The van der Waals surface area contributed by atoms with E-state index in [-0.39, 0.29) is 36.2 Å². The highest BCUT2D eigenvalue weighted by Gasteiger charge is 2.30. The van der Waals surface area contributed by atoms with E-state index in [2.05, 4.69) is 4.72 Å². The van der Waals surface area contributed by atoms with E-state index in [1.54, 1.807) is 0 Å². The zero-order valence-electron chi connectivity index (χ0n) is 11.4. The summed E-state index contributed by atoms with van der Waals surface area (Å²) in [6, 6.07) is 4.87. The van der Waals surface area contributed by atoms with Crippen LogP contribution in [-0.4, -0.2) is 38.0 Å². The van der Waals surface area contributed by atoms with Crippen LogP contribution in [0.2, 0.25) is 0 Å². The highest BCUT2D eigenvalue weighted by molar-refractivity contribution is 7.89. The van der Waals surface area contributed by atoms with Crippen molar-refractivity contribution in [2.75, 3.05) is 11.5 Å². The molecule has 1 aliphatic heterocycles. The quantitative estimate of drug-likeness (QED) is 0.745. The monoisotopic (exact) mass is 312 g/mol. The van der Waals surface area contributed by atoms with Crippen molar-refractivity contribution in [3.8, 4) is 0 Å². The summed E-state index contributed by atoms with van der Waals surface area (Å²) in [7, 11) is -3.74. The Balaban J connectivity index is 2.23. The number of nitrogens with one attached hydrogen (secondary N) is 1. The summed E-state index contributed by atoms with van der Waals surface area (Å²) in [4.78, 5) is 24.3. The first kappa shape index (κ1) is 15.6. The predicted molar refractivity (Wildman–Crippen MR) is 75.0 cm³/mol. The second kappa shape index (κ2) is 5.92. The standard InChI is InChI=1S/C13H16N2O5S/c1-9(8-16)14-21(19,20)11-4-2-10(3-5-11)15-12(17)6-7-13(15)18/h2-5,9,14,16H,6-8H2,1H3/t9-/m0/s1. The van der Waals surface area contributed by atoms with E-state index < -0.39 is 16.1 Å². The number of benzene rings is 1. The number of anilines is 1. The van der Waals surface area contributed by atoms with Crippen LogP contribution in [0, 0.1) is 0 Å². The fourth-order valence-electron chi connectivity index (χ4n) is 2.01. The van der Waals surface area contributed by atoms with Gasteiger partial charge in [-0.3, -0.25) is 14.5 Å². The van der Waals surface area contributed by atoms with Crippen LogP contribution in [-0.2, 0) is 19.6 Å². The Bertz CT molecular complexity index is 638. The Morgan fingerprint density at radius 3 is 2.19 bits per heavy atom. The van der Waals surface area contributed by atoms with Crippen molar-refractivity contribution in [3.05, 3.63) is 24.3 Å². The summed E-state index contributed by atoms with van der Waals surface area (Å²) < 4.78 is 26.3. The van der Waals surface area contributed by atoms with Gasteiger partial charge in [0.05, 0.1) is 17.2 Å². The summed E-state index contributed by atoms with van der Waals surface area (Å²) in [5.74, 6) is -0.578. The lowest BCUT2D eigenvalue weighted by atomic mass is 10.3. The van der Waals surface area contributed by atoms with Gasteiger partial charge in [0.2, 0.25) is 21.8 Å². The molecule has 1 atom stereocenters. The number of aliphatic hydroxyl groups is 1. The summed E-state index contributed by atoms with van der Waals surface area (Å²) in [5.41, 5.74) is 0.358. The molecule has 2 amide bonds. The topological polar surface area (TPSA) is 104 Å². The molecule has 1 saturated heterocycles. The molecular weight excluding hydrogens is 296 g/mol. The van der Waals surface area contributed by atoms with Gasteiger partial charge < -0.3 is 5.11 Å². The number of imide groups is 1. The van der Waals surface area contributed by atoms with Crippen molar-refractivity contribution in [1.29, 1.82) is 0 Å². The minimum absolute atomic E-state index is 0.00523. The predicted octanol–water partition coefficient (Wildman–Crippen LogP) is -0.000900. The molecule has 1 heterocycles. The number of aliphatic hydroxyl groups excluding tert-OH is 1. The van der Waals surface area contributed by atoms with Gasteiger partial charge in [-0.25, -0.2) is 13.1 Å². The van der Waals surface area contributed by atoms with Crippen LogP contribution in [0.3, 0.4) is 0 Å². The zero-order valence-corrected chi connectivity index (χ0v) is 12.3. The van der Waals surface area contributed by atoms with Crippen LogP contribution < -0.4 is 9.62 Å². The number of hydrogen-bond donors (Lipinski definition) is 2. The Hall–Kier alpha value is -1.77. The molecule has 1 aromatic carbocycles. The van der Waals surface area contributed by atoms with Gasteiger partial charge >= 0.3 is 0 Å². The third-order valence-electron chi connectivity index (χ3n) is 3.09. The molecule has 1 aliphatic rings. The van der Waals surface area contributed by atoms with Crippen molar-refractivity contribution in [2.45, 2.75) is 30.7 Å². The second-order valence-corrected chi connectivity index (χ2v) is 6.54. The largest absolute Gasteiger partial charge is 0.395 e. The highest BCUT2D eigenvalue weighted by Crippen LogP contribution is 2.23. The Morgan fingerprint density at radius 1 is 1.19 bits per heavy atom.